The number of carbonyl (C=O) groups excluding carboxylic acids is 1. The second-order valence-corrected chi connectivity index (χ2v) is 6.91. The van der Waals surface area contributed by atoms with Crippen molar-refractivity contribution in [3.05, 3.63) is 87.3 Å². The van der Waals surface area contributed by atoms with Crippen molar-refractivity contribution in [2.75, 3.05) is 5.32 Å². The number of anilines is 1. The minimum absolute atomic E-state index is 0.0561. The van der Waals surface area contributed by atoms with Crippen LogP contribution >= 0.6 is 0 Å². The maximum absolute atomic E-state index is 13.0. The number of pyridine rings is 1. The summed E-state index contributed by atoms with van der Waals surface area (Å²) < 4.78 is 1.69. The number of aryl methyl sites for hydroxylation is 3. The molecule has 28 heavy (non-hydrogen) atoms. The topological polar surface area (TPSA) is 79.8 Å². The van der Waals surface area contributed by atoms with Crippen LogP contribution in [0, 0.1) is 20.8 Å². The standard InChI is InChI=1S/C22H20N4O2/c1-13-7-9-17(10-8-13)26-21-19(15(3)25-26)20(27)18(12-23-21)22(28)24-16-6-4-5-14(2)11-16/h4-12H,1-3H3,(H,23,27)(H,24,28). The number of aromatic nitrogens is 3. The van der Waals surface area contributed by atoms with E-state index in [0.717, 1.165) is 16.8 Å². The van der Waals surface area contributed by atoms with Crippen LogP contribution in [0.4, 0.5) is 5.69 Å². The molecular weight excluding hydrogens is 352 g/mol. The maximum Gasteiger partial charge on any atom is 0.261 e. The average Bonchev–Trinajstić information content (AvgIpc) is 3.00. The van der Waals surface area contributed by atoms with Gasteiger partial charge >= 0.3 is 0 Å². The number of rotatable bonds is 3. The zero-order valence-electron chi connectivity index (χ0n) is 15.9. The number of H-pyrrole nitrogens is 1. The van der Waals surface area contributed by atoms with Gasteiger partial charge in [-0.25, -0.2) is 4.68 Å². The van der Waals surface area contributed by atoms with E-state index >= 15 is 0 Å². The highest BCUT2D eigenvalue weighted by Crippen LogP contribution is 2.19. The smallest absolute Gasteiger partial charge is 0.261 e. The Kier molecular flexibility index (Phi) is 4.31. The van der Waals surface area contributed by atoms with Gasteiger partial charge in [0.15, 0.2) is 0 Å². The predicted octanol–water partition coefficient (Wildman–Crippen LogP) is 3.89. The molecule has 0 aliphatic heterocycles. The van der Waals surface area contributed by atoms with E-state index in [9.17, 15) is 9.59 Å². The molecule has 0 saturated heterocycles. The third-order valence-corrected chi connectivity index (χ3v) is 4.68. The van der Waals surface area contributed by atoms with Crippen molar-refractivity contribution in [1.29, 1.82) is 0 Å². The van der Waals surface area contributed by atoms with Crippen molar-refractivity contribution in [1.82, 2.24) is 14.8 Å². The molecule has 2 aromatic carbocycles. The summed E-state index contributed by atoms with van der Waals surface area (Å²) in [7, 11) is 0. The monoisotopic (exact) mass is 372 g/mol. The van der Waals surface area contributed by atoms with Crippen LogP contribution in [-0.2, 0) is 0 Å². The molecule has 0 aliphatic carbocycles. The van der Waals surface area contributed by atoms with Crippen LogP contribution in [0.5, 0.6) is 0 Å². The molecule has 0 unspecified atom stereocenters. The lowest BCUT2D eigenvalue weighted by atomic mass is 10.1. The molecule has 2 N–H and O–H groups in total. The Labute approximate surface area is 161 Å². The Morgan fingerprint density at radius 1 is 1.04 bits per heavy atom. The first-order valence-electron chi connectivity index (χ1n) is 9.00. The van der Waals surface area contributed by atoms with Gasteiger partial charge in [-0.3, -0.25) is 9.59 Å². The zero-order chi connectivity index (χ0) is 19.8. The molecule has 6 nitrogen and oxygen atoms in total. The molecule has 0 aliphatic rings. The minimum Gasteiger partial charge on any atom is -0.345 e. The van der Waals surface area contributed by atoms with Crippen molar-refractivity contribution >= 4 is 22.6 Å². The fourth-order valence-corrected chi connectivity index (χ4v) is 3.24. The van der Waals surface area contributed by atoms with Crippen molar-refractivity contribution in [2.45, 2.75) is 20.8 Å². The quantitative estimate of drug-likeness (QED) is 0.572. The highest BCUT2D eigenvalue weighted by Gasteiger charge is 2.19. The molecule has 0 radical (unpaired) electrons. The van der Waals surface area contributed by atoms with E-state index in [1.54, 1.807) is 17.7 Å². The van der Waals surface area contributed by atoms with Gasteiger partial charge in [-0.15, -0.1) is 0 Å². The van der Waals surface area contributed by atoms with Crippen LogP contribution in [-0.4, -0.2) is 20.7 Å². The molecule has 2 aromatic heterocycles. The third kappa shape index (κ3) is 3.09. The van der Waals surface area contributed by atoms with E-state index in [0.29, 0.717) is 22.4 Å². The third-order valence-electron chi connectivity index (χ3n) is 4.68. The van der Waals surface area contributed by atoms with Gasteiger partial charge in [-0.2, -0.15) is 5.10 Å². The second kappa shape index (κ2) is 6.81. The molecule has 0 atom stereocenters. The summed E-state index contributed by atoms with van der Waals surface area (Å²) in [6, 6.07) is 15.3. The maximum atomic E-state index is 13.0. The molecule has 0 fully saturated rings. The Hall–Kier alpha value is -3.67. The first-order chi connectivity index (χ1) is 13.4. The Morgan fingerprint density at radius 3 is 2.50 bits per heavy atom. The Bertz CT molecular complexity index is 1250. The molecule has 4 rings (SSSR count). The number of hydrogen-bond acceptors (Lipinski definition) is 3. The number of amides is 1. The van der Waals surface area contributed by atoms with Gasteiger partial charge in [-0.1, -0.05) is 29.8 Å². The summed E-state index contributed by atoms with van der Waals surface area (Å²) in [5.41, 5.74) is 4.52. The molecule has 4 aromatic rings. The molecule has 2 heterocycles. The van der Waals surface area contributed by atoms with Crippen LogP contribution in [0.1, 0.15) is 27.2 Å². The van der Waals surface area contributed by atoms with E-state index in [2.05, 4.69) is 15.4 Å². The lowest BCUT2D eigenvalue weighted by Gasteiger charge is -2.07. The highest BCUT2D eigenvalue weighted by atomic mass is 16.2. The summed E-state index contributed by atoms with van der Waals surface area (Å²) in [6.45, 7) is 5.72. The van der Waals surface area contributed by atoms with Crippen LogP contribution < -0.4 is 10.7 Å². The van der Waals surface area contributed by atoms with Gasteiger partial charge < -0.3 is 10.3 Å². The molecule has 6 heteroatoms. The zero-order valence-corrected chi connectivity index (χ0v) is 15.9. The van der Waals surface area contributed by atoms with Crippen LogP contribution in [0.15, 0.2) is 59.5 Å². The van der Waals surface area contributed by atoms with E-state index in [4.69, 9.17) is 0 Å². The number of nitrogens with one attached hydrogen (secondary N) is 2. The van der Waals surface area contributed by atoms with E-state index < -0.39 is 5.91 Å². The highest BCUT2D eigenvalue weighted by molar-refractivity contribution is 6.05. The lowest BCUT2D eigenvalue weighted by Crippen LogP contribution is -2.22. The molecular formula is C22H20N4O2. The largest absolute Gasteiger partial charge is 0.345 e. The van der Waals surface area contributed by atoms with Gasteiger partial charge in [0.1, 0.15) is 11.2 Å². The van der Waals surface area contributed by atoms with Gasteiger partial charge in [0.05, 0.1) is 16.8 Å². The summed E-state index contributed by atoms with van der Waals surface area (Å²) in [4.78, 5) is 28.8. The van der Waals surface area contributed by atoms with E-state index in [-0.39, 0.29) is 11.0 Å². The van der Waals surface area contributed by atoms with Crippen LogP contribution in [0.3, 0.4) is 0 Å². The summed E-state index contributed by atoms with van der Waals surface area (Å²) >= 11 is 0. The Morgan fingerprint density at radius 2 is 1.79 bits per heavy atom. The van der Waals surface area contributed by atoms with Gasteiger partial charge in [0.2, 0.25) is 5.43 Å². The summed E-state index contributed by atoms with van der Waals surface area (Å²) in [5, 5.41) is 7.70. The van der Waals surface area contributed by atoms with Crippen LogP contribution in [0.25, 0.3) is 16.7 Å². The average molecular weight is 372 g/mol. The first-order valence-corrected chi connectivity index (χ1v) is 9.00. The number of hydrogen-bond donors (Lipinski definition) is 2. The predicted molar refractivity (Wildman–Crippen MR) is 110 cm³/mol. The van der Waals surface area contributed by atoms with Gasteiger partial charge in [0, 0.05) is 11.9 Å². The molecule has 140 valence electrons. The van der Waals surface area contributed by atoms with Crippen molar-refractivity contribution in [3.8, 4) is 5.69 Å². The molecule has 1 amide bonds. The van der Waals surface area contributed by atoms with E-state index in [1.807, 2.05) is 56.3 Å². The number of nitrogens with zero attached hydrogens (tertiary/aromatic N) is 2. The van der Waals surface area contributed by atoms with Gasteiger partial charge in [-0.05, 0) is 50.6 Å². The van der Waals surface area contributed by atoms with Gasteiger partial charge in [0.25, 0.3) is 5.91 Å². The first kappa shape index (κ1) is 17.7. The number of carbonyl (C=O) groups is 1. The lowest BCUT2D eigenvalue weighted by molar-refractivity contribution is 0.102. The molecule has 0 bridgehead atoms. The number of aromatic amines is 1. The number of benzene rings is 2. The van der Waals surface area contributed by atoms with Crippen molar-refractivity contribution in [3.63, 3.8) is 0 Å². The van der Waals surface area contributed by atoms with E-state index in [1.165, 1.54) is 6.20 Å². The number of fused-ring (bicyclic) bond motifs is 1. The fourth-order valence-electron chi connectivity index (χ4n) is 3.24. The molecule has 0 saturated carbocycles. The van der Waals surface area contributed by atoms with Crippen molar-refractivity contribution < 1.29 is 4.79 Å². The van der Waals surface area contributed by atoms with Crippen molar-refractivity contribution in [2.24, 2.45) is 0 Å². The second-order valence-electron chi connectivity index (χ2n) is 6.91. The Balaban J connectivity index is 1.77. The molecule has 0 spiro atoms. The minimum atomic E-state index is -0.448. The SMILES string of the molecule is Cc1ccc(-n2nc(C)c3c(=O)c(C(=O)Nc4cccc(C)c4)c[nH]c32)cc1. The normalized spacial score (nSPS) is 11.0. The van der Waals surface area contributed by atoms with Crippen LogP contribution in [0.2, 0.25) is 0 Å². The summed E-state index contributed by atoms with van der Waals surface area (Å²) in [6.07, 6.45) is 1.45. The fraction of sp³-hybridized carbons (Fsp3) is 0.136. The summed E-state index contributed by atoms with van der Waals surface area (Å²) in [5.74, 6) is -0.448.